The van der Waals surface area contributed by atoms with Crippen LogP contribution < -0.4 is 5.32 Å². The Kier molecular flexibility index (Phi) is 9.79. The summed E-state index contributed by atoms with van der Waals surface area (Å²) >= 11 is 0. The molecule has 0 radical (unpaired) electrons. The van der Waals surface area contributed by atoms with E-state index in [1.165, 1.54) is 11.1 Å². The average Bonchev–Trinajstić information content (AvgIpc) is 2.93. The quantitative estimate of drug-likeness (QED) is 0.189. The fourth-order valence-electron chi connectivity index (χ4n) is 5.05. The number of aliphatic carboxylic acids is 1. The number of carboxylic acids is 1. The molecular weight excluding hydrogens is 500 g/mol. The Morgan fingerprint density at radius 1 is 0.875 bits per heavy atom. The molecule has 6 heteroatoms. The lowest BCUT2D eigenvalue weighted by Gasteiger charge is -2.16. The van der Waals surface area contributed by atoms with Crippen LogP contribution in [0.15, 0.2) is 79.0 Å². The molecule has 0 aliphatic rings. The van der Waals surface area contributed by atoms with E-state index in [4.69, 9.17) is 0 Å². The Labute approximate surface area is 235 Å². The number of carbonyl (C=O) groups is 3. The molecule has 0 saturated heterocycles. The van der Waals surface area contributed by atoms with E-state index in [0.29, 0.717) is 12.8 Å². The van der Waals surface area contributed by atoms with Gasteiger partial charge in [-0.2, -0.15) is 0 Å². The van der Waals surface area contributed by atoms with E-state index in [2.05, 4.69) is 47.6 Å². The van der Waals surface area contributed by atoms with Gasteiger partial charge in [0.25, 0.3) is 0 Å². The third-order valence-corrected chi connectivity index (χ3v) is 7.17. The van der Waals surface area contributed by atoms with Crippen LogP contribution >= 0.6 is 0 Å². The minimum atomic E-state index is -0.960. The van der Waals surface area contributed by atoms with Gasteiger partial charge in [0.2, 0.25) is 5.91 Å². The Morgan fingerprint density at radius 3 is 2.40 bits per heavy atom. The highest BCUT2D eigenvalue weighted by molar-refractivity contribution is 5.97. The molecule has 2 N–H and O–H groups in total. The second kappa shape index (κ2) is 13.7. The van der Waals surface area contributed by atoms with Gasteiger partial charge >= 0.3 is 5.97 Å². The first-order valence-electron chi connectivity index (χ1n) is 13.8. The predicted molar refractivity (Wildman–Crippen MR) is 158 cm³/mol. The van der Waals surface area contributed by atoms with E-state index < -0.39 is 11.9 Å². The van der Waals surface area contributed by atoms with E-state index in [1.807, 2.05) is 49.4 Å². The summed E-state index contributed by atoms with van der Waals surface area (Å²) in [5.41, 5.74) is 6.30. The Bertz CT molecular complexity index is 1490. The number of aromatic nitrogens is 1. The van der Waals surface area contributed by atoms with Crippen LogP contribution in [-0.2, 0) is 20.8 Å². The maximum Gasteiger partial charge on any atom is 0.303 e. The largest absolute Gasteiger partial charge is 0.481 e. The number of ketones is 1. The summed E-state index contributed by atoms with van der Waals surface area (Å²) in [6, 6.07) is 24.4. The second-order valence-electron chi connectivity index (χ2n) is 10.5. The molecule has 1 amide bonds. The second-order valence-corrected chi connectivity index (χ2v) is 10.5. The van der Waals surface area contributed by atoms with Crippen LogP contribution in [0.2, 0.25) is 0 Å². The average molecular weight is 537 g/mol. The van der Waals surface area contributed by atoms with Crippen LogP contribution in [0.1, 0.15) is 60.4 Å². The van der Waals surface area contributed by atoms with Crippen LogP contribution in [0.25, 0.3) is 21.9 Å². The number of amides is 1. The van der Waals surface area contributed by atoms with Crippen molar-refractivity contribution in [2.75, 3.05) is 6.54 Å². The molecule has 6 nitrogen and oxygen atoms in total. The molecule has 0 saturated carbocycles. The number of nitrogens with one attached hydrogen (secondary N) is 1. The topological polar surface area (TPSA) is 96.4 Å². The Balaban J connectivity index is 1.31. The van der Waals surface area contributed by atoms with Crippen molar-refractivity contribution in [3.63, 3.8) is 0 Å². The first kappa shape index (κ1) is 28.7. The highest BCUT2D eigenvalue weighted by Gasteiger charge is 2.20. The summed E-state index contributed by atoms with van der Waals surface area (Å²) in [5, 5.41) is 14.5. The van der Waals surface area contributed by atoms with Gasteiger partial charge in [-0.1, -0.05) is 66.2 Å². The monoisotopic (exact) mass is 536 g/mol. The van der Waals surface area contributed by atoms with Gasteiger partial charge in [-0.05, 0) is 78.3 Å². The van der Waals surface area contributed by atoms with Crippen molar-refractivity contribution in [2.24, 2.45) is 0 Å². The summed E-state index contributed by atoms with van der Waals surface area (Å²) in [6.07, 6.45) is 4.39. The normalized spacial score (nSPS) is 11.8. The number of carbonyl (C=O) groups excluding carboxylic acids is 2. The molecule has 0 aliphatic carbocycles. The fraction of sp³-hybridized carbons (Fsp3) is 0.294. The molecule has 4 rings (SSSR count). The molecule has 1 atom stereocenters. The van der Waals surface area contributed by atoms with Crippen LogP contribution in [0.3, 0.4) is 0 Å². The lowest BCUT2D eigenvalue weighted by molar-refractivity contribution is -0.137. The third-order valence-electron chi connectivity index (χ3n) is 7.17. The van der Waals surface area contributed by atoms with Crippen molar-refractivity contribution in [3.05, 3.63) is 101 Å². The number of rotatable bonds is 13. The summed E-state index contributed by atoms with van der Waals surface area (Å²) in [4.78, 5) is 40.9. The molecule has 1 aromatic heterocycles. The number of hydrogen-bond acceptors (Lipinski definition) is 4. The van der Waals surface area contributed by atoms with Crippen molar-refractivity contribution in [1.29, 1.82) is 0 Å². The zero-order chi connectivity index (χ0) is 28.5. The molecule has 0 spiro atoms. The van der Waals surface area contributed by atoms with E-state index >= 15 is 0 Å². The van der Waals surface area contributed by atoms with Crippen LogP contribution in [0, 0.1) is 13.8 Å². The summed E-state index contributed by atoms with van der Waals surface area (Å²) in [6.45, 7) is 4.00. The van der Waals surface area contributed by atoms with Gasteiger partial charge in [-0.25, -0.2) is 0 Å². The van der Waals surface area contributed by atoms with E-state index in [0.717, 1.165) is 46.0 Å². The van der Waals surface area contributed by atoms with Crippen molar-refractivity contribution < 1.29 is 19.5 Å². The summed E-state index contributed by atoms with van der Waals surface area (Å²) in [7, 11) is 0. The molecule has 206 valence electrons. The zero-order valence-electron chi connectivity index (χ0n) is 23.2. The SMILES string of the molecule is Cc1ccnc(CCCCC(=O)NCC(=O)C[C@@H](CC(=O)O)c2ccc(-c3cccc4ccc(C)cc34)cc2)c1. The number of Topliss-reactive ketones (excluding diaryl/α,β-unsaturated/α-hetero) is 1. The Morgan fingerprint density at radius 2 is 1.65 bits per heavy atom. The van der Waals surface area contributed by atoms with Crippen molar-refractivity contribution in [1.82, 2.24) is 10.3 Å². The van der Waals surface area contributed by atoms with Gasteiger partial charge in [0, 0.05) is 30.7 Å². The highest BCUT2D eigenvalue weighted by atomic mass is 16.4. The molecule has 40 heavy (non-hydrogen) atoms. The number of benzene rings is 3. The predicted octanol–water partition coefficient (Wildman–Crippen LogP) is 6.57. The minimum absolute atomic E-state index is 0.0540. The summed E-state index contributed by atoms with van der Waals surface area (Å²) < 4.78 is 0. The molecule has 0 bridgehead atoms. The Hall–Kier alpha value is -4.32. The maximum atomic E-state index is 12.7. The van der Waals surface area contributed by atoms with Crippen molar-refractivity contribution in [3.8, 4) is 11.1 Å². The molecular formula is C34H36N2O4. The molecule has 0 aliphatic heterocycles. The van der Waals surface area contributed by atoms with E-state index in [9.17, 15) is 19.5 Å². The number of aryl methyl sites for hydroxylation is 3. The van der Waals surface area contributed by atoms with E-state index in [1.54, 1.807) is 6.20 Å². The maximum absolute atomic E-state index is 12.7. The first-order valence-corrected chi connectivity index (χ1v) is 13.8. The number of nitrogens with zero attached hydrogens (tertiary/aromatic N) is 1. The van der Waals surface area contributed by atoms with Crippen LogP contribution in [-0.4, -0.2) is 34.3 Å². The molecule has 4 aromatic rings. The standard InChI is InChI=1S/C34H36N2O4/c1-23-10-11-26-6-5-8-31(32(26)19-23)27-14-12-25(13-15-27)28(21-34(39)40)20-30(37)22-36-33(38)9-4-3-7-29-18-24(2)16-17-35-29/h5-6,8,10-19,28H,3-4,7,9,20-22H2,1-2H3,(H,36,38)(H,39,40)/t28-/m0/s1. The molecule has 0 fully saturated rings. The first-order chi connectivity index (χ1) is 19.3. The van der Waals surface area contributed by atoms with Crippen LogP contribution in [0.5, 0.6) is 0 Å². The van der Waals surface area contributed by atoms with Gasteiger partial charge in [0.15, 0.2) is 5.78 Å². The smallest absolute Gasteiger partial charge is 0.303 e. The number of fused-ring (bicyclic) bond motifs is 1. The van der Waals surface area contributed by atoms with Gasteiger partial charge in [-0.15, -0.1) is 0 Å². The van der Waals surface area contributed by atoms with Gasteiger partial charge in [-0.3, -0.25) is 19.4 Å². The lowest BCUT2D eigenvalue weighted by Crippen LogP contribution is -2.30. The molecule has 1 heterocycles. The van der Waals surface area contributed by atoms with Gasteiger partial charge in [0.05, 0.1) is 13.0 Å². The van der Waals surface area contributed by atoms with Gasteiger partial charge in [0.1, 0.15) is 0 Å². The van der Waals surface area contributed by atoms with Crippen molar-refractivity contribution in [2.45, 2.75) is 58.3 Å². The van der Waals surface area contributed by atoms with E-state index in [-0.39, 0.29) is 31.1 Å². The number of carboxylic acid groups (broad SMARTS) is 1. The fourth-order valence-corrected chi connectivity index (χ4v) is 5.05. The van der Waals surface area contributed by atoms with Crippen molar-refractivity contribution >= 4 is 28.4 Å². The number of pyridine rings is 1. The summed E-state index contributed by atoms with van der Waals surface area (Å²) in [5.74, 6) is -1.78. The zero-order valence-corrected chi connectivity index (χ0v) is 23.2. The minimum Gasteiger partial charge on any atom is -0.481 e. The highest BCUT2D eigenvalue weighted by Crippen LogP contribution is 2.32. The number of unbranched alkanes of at least 4 members (excludes halogenated alkanes) is 1. The third kappa shape index (κ3) is 8.09. The number of hydrogen-bond donors (Lipinski definition) is 2. The molecule has 3 aromatic carbocycles. The lowest BCUT2D eigenvalue weighted by atomic mass is 9.89. The molecule has 0 unspecified atom stereocenters. The van der Waals surface area contributed by atoms with Gasteiger partial charge < -0.3 is 10.4 Å². The van der Waals surface area contributed by atoms with Crippen LogP contribution in [0.4, 0.5) is 0 Å².